The van der Waals surface area contributed by atoms with Gasteiger partial charge in [0.1, 0.15) is 0 Å². The molecule has 0 bridgehead atoms. The first-order valence-electron chi connectivity index (χ1n) is 7.06. The minimum absolute atomic E-state index is 0.0302. The summed E-state index contributed by atoms with van der Waals surface area (Å²) in [7, 11) is 0. The lowest BCUT2D eigenvalue weighted by Gasteiger charge is -2.26. The Morgan fingerprint density at radius 2 is 2.20 bits per heavy atom. The first kappa shape index (κ1) is 14.7. The average Bonchev–Trinajstić information content (AvgIpc) is 2.79. The third-order valence-electron chi connectivity index (χ3n) is 4.13. The maximum Gasteiger partial charge on any atom is 0.270 e. The van der Waals surface area contributed by atoms with Gasteiger partial charge in [-0.05, 0) is 26.2 Å². The van der Waals surface area contributed by atoms with Gasteiger partial charge in [0.05, 0.1) is 11.5 Å². The van der Waals surface area contributed by atoms with Gasteiger partial charge in [0.15, 0.2) is 5.78 Å². The maximum absolute atomic E-state index is 12.3. The van der Waals surface area contributed by atoms with E-state index in [4.69, 9.17) is 0 Å². The molecule has 1 heterocycles. The van der Waals surface area contributed by atoms with Crippen molar-refractivity contribution >= 4 is 11.5 Å². The van der Waals surface area contributed by atoms with Crippen LogP contribution in [0.5, 0.6) is 0 Å². The number of non-ortho nitro benzene ring substituents is 1. The fourth-order valence-electron chi connectivity index (χ4n) is 2.90. The molecule has 5 heteroatoms. The SMILES string of the molecule is CCC1CCC(C)N1CC(=O)c1cccc([N+](=O)[O-])c1. The van der Waals surface area contributed by atoms with Crippen molar-refractivity contribution in [1.29, 1.82) is 0 Å². The molecule has 2 rings (SSSR count). The van der Waals surface area contributed by atoms with Crippen molar-refractivity contribution in [3.8, 4) is 0 Å². The van der Waals surface area contributed by atoms with Crippen molar-refractivity contribution in [3.63, 3.8) is 0 Å². The normalized spacial score (nSPS) is 22.9. The molecule has 0 saturated carbocycles. The first-order chi connectivity index (χ1) is 9.52. The van der Waals surface area contributed by atoms with Gasteiger partial charge in [-0.3, -0.25) is 19.8 Å². The van der Waals surface area contributed by atoms with E-state index in [-0.39, 0.29) is 11.5 Å². The summed E-state index contributed by atoms with van der Waals surface area (Å²) in [5.41, 5.74) is 0.394. The van der Waals surface area contributed by atoms with Gasteiger partial charge in [-0.1, -0.05) is 19.1 Å². The van der Waals surface area contributed by atoms with Crippen molar-refractivity contribution in [3.05, 3.63) is 39.9 Å². The summed E-state index contributed by atoms with van der Waals surface area (Å²) in [4.78, 5) is 24.8. The Hall–Kier alpha value is -1.75. The van der Waals surface area contributed by atoms with Gasteiger partial charge in [0.2, 0.25) is 0 Å². The molecule has 108 valence electrons. The molecule has 0 aliphatic carbocycles. The molecule has 1 aliphatic heterocycles. The van der Waals surface area contributed by atoms with Crippen LogP contribution in [-0.4, -0.2) is 34.2 Å². The molecule has 0 amide bonds. The highest BCUT2D eigenvalue weighted by Crippen LogP contribution is 2.26. The fourth-order valence-corrected chi connectivity index (χ4v) is 2.90. The Labute approximate surface area is 118 Å². The second-order valence-electron chi connectivity index (χ2n) is 5.39. The Bertz CT molecular complexity index is 516. The van der Waals surface area contributed by atoms with E-state index >= 15 is 0 Å². The number of Topliss-reactive ketones (excluding diaryl/α,β-unsaturated/α-hetero) is 1. The van der Waals surface area contributed by atoms with Crippen LogP contribution >= 0.6 is 0 Å². The summed E-state index contributed by atoms with van der Waals surface area (Å²) < 4.78 is 0. The lowest BCUT2D eigenvalue weighted by molar-refractivity contribution is -0.384. The Kier molecular flexibility index (Phi) is 4.49. The van der Waals surface area contributed by atoms with Crippen molar-refractivity contribution < 1.29 is 9.72 Å². The van der Waals surface area contributed by atoms with Crippen LogP contribution in [0, 0.1) is 10.1 Å². The highest BCUT2D eigenvalue weighted by molar-refractivity contribution is 5.98. The molecule has 0 N–H and O–H groups in total. The summed E-state index contributed by atoms with van der Waals surface area (Å²) in [6.07, 6.45) is 3.27. The second kappa shape index (κ2) is 6.13. The fraction of sp³-hybridized carbons (Fsp3) is 0.533. The number of nitro benzene ring substituents is 1. The van der Waals surface area contributed by atoms with Crippen LogP contribution in [0.3, 0.4) is 0 Å². The topological polar surface area (TPSA) is 63.5 Å². The summed E-state index contributed by atoms with van der Waals surface area (Å²) in [5, 5.41) is 10.8. The molecular formula is C15H20N2O3. The number of hydrogen-bond acceptors (Lipinski definition) is 4. The highest BCUT2D eigenvalue weighted by Gasteiger charge is 2.30. The Morgan fingerprint density at radius 1 is 1.45 bits per heavy atom. The molecule has 0 spiro atoms. The van der Waals surface area contributed by atoms with Crippen LogP contribution in [0.2, 0.25) is 0 Å². The van der Waals surface area contributed by atoms with E-state index in [2.05, 4.69) is 18.7 Å². The zero-order valence-corrected chi connectivity index (χ0v) is 11.9. The number of benzene rings is 1. The first-order valence-corrected chi connectivity index (χ1v) is 7.06. The number of rotatable bonds is 5. The molecule has 2 unspecified atom stereocenters. The number of carbonyl (C=O) groups is 1. The average molecular weight is 276 g/mol. The molecule has 0 aromatic heterocycles. The van der Waals surface area contributed by atoms with Gasteiger partial charge in [-0.2, -0.15) is 0 Å². The number of carbonyl (C=O) groups excluding carboxylic acids is 1. The number of nitrogens with zero attached hydrogens (tertiary/aromatic N) is 2. The van der Waals surface area contributed by atoms with Gasteiger partial charge >= 0.3 is 0 Å². The quantitative estimate of drug-likeness (QED) is 0.471. The molecule has 1 aromatic rings. The second-order valence-corrected chi connectivity index (χ2v) is 5.39. The summed E-state index contributed by atoms with van der Waals surface area (Å²) in [5.74, 6) is -0.0408. The van der Waals surface area contributed by atoms with Gasteiger partial charge < -0.3 is 0 Å². The third kappa shape index (κ3) is 3.04. The van der Waals surface area contributed by atoms with E-state index in [0.717, 1.165) is 19.3 Å². The predicted octanol–water partition coefficient (Wildman–Crippen LogP) is 3.04. The zero-order valence-electron chi connectivity index (χ0n) is 11.9. The van der Waals surface area contributed by atoms with Crippen LogP contribution in [-0.2, 0) is 0 Å². The summed E-state index contributed by atoms with van der Waals surface area (Å²) in [6, 6.07) is 6.84. The lowest BCUT2D eigenvalue weighted by atomic mass is 10.1. The molecule has 2 atom stereocenters. The van der Waals surface area contributed by atoms with Crippen molar-refractivity contribution in [2.24, 2.45) is 0 Å². The largest absolute Gasteiger partial charge is 0.293 e. The maximum atomic E-state index is 12.3. The van der Waals surface area contributed by atoms with Gasteiger partial charge in [-0.25, -0.2) is 0 Å². The molecule has 1 aromatic carbocycles. The predicted molar refractivity (Wildman–Crippen MR) is 76.9 cm³/mol. The van der Waals surface area contributed by atoms with E-state index in [1.54, 1.807) is 12.1 Å². The molecule has 1 aliphatic rings. The number of hydrogen-bond donors (Lipinski definition) is 0. The lowest BCUT2D eigenvalue weighted by Crippen LogP contribution is -2.38. The van der Waals surface area contributed by atoms with Crippen LogP contribution in [0.4, 0.5) is 5.69 Å². The molecule has 1 fully saturated rings. The number of likely N-dealkylation sites (tertiary alicyclic amines) is 1. The zero-order chi connectivity index (χ0) is 14.7. The van der Waals surface area contributed by atoms with Crippen molar-refractivity contribution in [1.82, 2.24) is 4.90 Å². The van der Waals surface area contributed by atoms with Crippen LogP contribution in [0.1, 0.15) is 43.5 Å². The molecule has 20 heavy (non-hydrogen) atoms. The summed E-state index contributed by atoms with van der Waals surface area (Å²) >= 11 is 0. The van der Waals surface area contributed by atoms with Crippen LogP contribution < -0.4 is 0 Å². The van der Waals surface area contributed by atoms with E-state index in [0.29, 0.717) is 24.2 Å². The number of nitro groups is 1. The van der Waals surface area contributed by atoms with E-state index < -0.39 is 4.92 Å². The monoisotopic (exact) mass is 276 g/mol. The molecule has 0 radical (unpaired) electrons. The van der Waals surface area contributed by atoms with Crippen molar-refractivity contribution in [2.45, 2.75) is 45.2 Å². The smallest absolute Gasteiger partial charge is 0.270 e. The summed E-state index contributed by atoms with van der Waals surface area (Å²) in [6.45, 7) is 4.62. The van der Waals surface area contributed by atoms with Crippen LogP contribution in [0.15, 0.2) is 24.3 Å². The standard InChI is InChI=1S/C15H20N2O3/c1-3-13-8-7-11(2)16(13)10-15(18)12-5-4-6-14(9-12)17(19)20/h4-6,9,11,13H,3,7-8,10H2,1-2H3. The minimum Gasteiger partial charge on any atom is -0.293 e. The van der Waals surface area contributed by atoms with Gasteiger partial charge in [0.25, 0.3) is 5.69 Å². The highest BCUT2D eigenvalue weighted by atomic mass is 16.6. The van der Waals surface area contributed by atoms with E-state index in [9.17, 15) is 14.9 Å². The van der Waals surface area contributed by atoms with Crippen molar-refractivity contribution in [2.75, 3.05) is 6.54 Å². The molecule has 5 nitrogen and oxygen atoms in total. The molecule has 1 saturated heterocycles. The van der Waals surface area contributed by atoms with E-state index in [1.807, 2.05) is 0 Å². The third-order valence-corrected chi connectivity index (χ3v) is 4.13. The molecular weight excluding hydrogens is 256 g/mol. The minimum atomic E-state index is -0.468. The Morgan fingerprint density at radius 3 is 2.85 bits per heavy atom. The van der Waals surface area contributed by atoms with E-state index in [1.165, 1.54) is 12.1 Å². The number of ketones is 1. The van der Waals surface area contributed by atoms with Gasteiger partial charge in [0, 0.05) is 29.8 Å². The van der Waals surface area contributed by atoms with Gasteiger partial charge in [-0.15, -0.1) is 0 Å². The Balaban J connectivity index is 2.11. The van der Waals surface area contributed by atoms with Crippen LogP contribution in [0.25, 0.3) is 0 Å².